The molecule has 1 aliphatic heterocycles. The van der Waals surface area contributed by atoms with Gasteiger partial charge in [-0.15, -0.1) is 0 Å². The monoisotopic (exact) mass is 484 g/mol. The lowest BCUT2D eigenvalue weighted by Gasteiger charge is -2.34. The van der Waals surface area contributed by atoms with Crippen molar-refractivity contribution in [1.82, 2.24) is 4.31 Å². The van der Waals surface area contributed by atoms with Crippen LogP contribution in [-0.4, -0.2) is 43.9 Å². The van der Waals surface area contributed by atoms with Crippen LogP contribution in [0.25, 0.3) is 11.1 Å². The van der Waals surface area contributed by atoms with Gasteiger partial charge < -0.3 is 10.1 Å². The zero-order valence-corrected chi connectivity index (χ0v) is 19.9. The summed E-state index contributed by atoms with van der Waals surface area (Å²) >= 11 is 6.27. The first-order chi connectivity index (χ1) is 15.8. The van der Waals surface area contributed by atoms with E-state index in [0.29, 0.717) is 5.69 Å². The molecule has 2 unspecified atom stereocenters. The van der Waals surface area contributed by atoms with Crippen LogP contribution >= 0.6 is 11.6 Å². The van der Waals surface area contributed by atoms with Gasteiger partial charge in [0.05, 0.1) is 17.2 Å². The van der Waals surface area contributed by atoms with Crippen molar-refractivity contribution in [3.05, 3.63) is 83.4 Å². The van der Waals surface area contributed by atoms with Crippen molar-refractivity contribution < 1.29 is 17.9 Å². The number of ether oxygens (including phenoxy) is 1. The highest BCUT2D eigenvalue weighted by Crippen LogP contribution is 2.30. The summed E-state index contributed by atoms with van der Waals surface area (Å²) in [6, 6.07) is 21.5. The molecule has 1 saturated heterocycles. The Bertz CT molecular complexity index is 1250. The number of morpholine rings is 1. The number of nitrogens with one attached hydrogen (secondary N) is 1. The first-order valence-corrected chi connectivity index (χ1v) is 12.5. The maximum Gasteiger partial charge on any atom is 0.255 e. The topological polar surface area (TPSA) is 75.7 Å². The molecular formula is C25H25ClN2O4S. The molecule has 0 spiro atoms. The van der Waals surface area contributed by atoms with Gasteiger partial charge in [-0.3, -0.25) is 4.79 Å². The van der Waals surface area contributed by atoms with Gasteiger partial charge in [-0.1, -0.05) is 60.1 Å². The lowest BCUT2D eigenvalue weighted by atomic mass is 10.0. The van der Waals surface area contributed by atoms with Crippen LogP contribution in [0, 0.1) is 0 Å². The Balaban J connectivity index is 1.63. The third-order valence-corrected chi connectivity index (χ3v) is 7.77. The van der Waals surface area contributed by atoms with Crippen molar-refractivity contribution in [2.24, 2.45) is 0 Å². The molecule has 1 amide bonds. The van der Waals surface area contributed by atoms with E-state index in [4.69, 9.17) is 16.3 Å². The number of hydrogen-bond donors (Lipinski definition) is 1. The number of carbonyl (C=O) groups excluding carboxylic acids is 1. The summed E-state index contributed by atoms with van der Waals surface area (Å²) in [6.07, 6.45) is -0.466. The average molecular weight is 485 g/mol. The largest absolute Gasteiger partial charge is 0.373 e. The van der Waals surface area contributed by atoms with Gasteiger partial charge in [0, 0.05) is 29.9 Å². The number of benzene rings is 3. The standard InChI is InChI=1S/C25H25ClN2O4S/c1-17-15-28(16-18(2)32-17)33(30,31)24-14-20(12-13-22(24)26)25(29)27-23-11-7-6-10-21(23)19-8-4-3-5-9-19/h3-14,17-18H,15-16H2,1-2H3,(H,27,29). The molecule has 172 valence electrons. The molecule has 2 atom stereocenters. The van der Waals surface area contributed by atoms with Crippen LogP contribution < -0.4 is 5.32 Å². The maximum absolute atomic E-state index is 13.3. The molecule has 0 saturated carbocycles. The Morgan fingerprint density at radius 2 is 1.61 bits per heavy atom. The molecule has 3 aromatic rings. The number of rotatable bonds is 5. The highest BCUT2D eigenvalue weighted by atomic mass is 35.5. The van der Waals surface area contributed by atoms with Gasteiger partial charge in [0.15, 0.2) is 0 Å². The second kappa shape index (κ2) is 9.65. The summed E-state index contributed by atoms with van der Waals surface area (Å²) in [5.41, 5.74) is 2.66. The molecule has 1 N–H and O–H groups in total. The molecular weight excluding hydrogens is 460 g/mol. The molecule has 3 aromatic carbocycles. The van der Waals surface area contributed by atoms with E-state index in [9.17, 15) is 13.2 Å². The van der Waals surface area contributed by atoms with Crippen molar-refractivity contribution in [1.29, 1.82) is 0 Å². The smallest absolute Gasteiger partial charge is 0.255 e. The second-order valence-electron chi connectivity index (χ2n) is 8.09. The van der Waals surface area contributed by atoms with E-state index in [-0.39, 0.29) is 40.8 Å². The molecule has 1 heterocycles. The minimum Gasteiger partial charge on any atom is -0.373 e. The zero-order chi connectivity index (χ0) is 23.6. The highest BCUT2D eigenvalue weighted by molar-refractivity contribution is 7.89. The van der Waals surface area contributed by atoms with Crippen LogP contribution in [0.15, 0.2) is 77.7 Å². The Morgan fingerprint density at radius 1 is 0.970 bits per heavy atom. The molecule has 8 heteroatoms. The van der Waals surface area contributed by atoms with Crippen LogP contribution in [0.2, 0.25) is 5.02 Å². The number of para-hydroxylation sites is 1. The van der Waals surface area contributed by atoms with Crippen molar-refractivity contribution in [3.8, 4) is 11.1 Å². The van der Waals surface area contributed by atoms with Crippen molar-refractivity contribution >= 4 is 33.2 Å². The minimum atomic E-state index is -3.90. The number of carbonyl (C=O) groups is 1. The van der Waals surface area contributed by atoms with E-state index < -0.39 is 15.9 Å². The van der Waals surface area contributed by atoms with Gasteiger partial charge in [0.25, 0.3) is 5.91 Å². The molecule has 0 aliphatic carbocycles. The number of anilines is 1. The lowest BCUT2D eigenvalue weighted by Crippen LogP contribution is -2.48. The number of sulfonamides is 1. The number of nitrogens with zero attached hydrogens (tertiary/aromatic N) is 1. The summed E-state index contributed by atoms with van der Waals surface area (Å²) < 4.78 is 33.7. The van der Waals surface area contributed by atoms with Gasteiger partial charge in [-0.05, 0) is 43.7 Å². The van der Waals surface area contributed by atoms with Crippen molar-refractivity contribution in [2.45, 2.75) is 31.0 Å². The van der Waals surface area contributed by atoms with E-state index in [1.165, 1.54) is 22.5 Å². The van der Waals surface area contributed by atoms with Gasteiger partial charge >= 0.3 is 0 Å². The summed E-state index contributed by atoms with van der Waals surface area (Å²) in [7, 11) is -3.90. The highest BCUT2D eigenvalue weighted by Gasteiger charge is 2.34. The second-order valence-corrected chi connectivity index (χ2v) is 10.4. The third kappa shape index (κ3) is 5.12. The van der Waals surface area contributed by atoms with E-state index in [2.05, 4.69) is 5.32 Å². The third-order valence-electron chi connectivity index (χ3n) is 5.46. The van der Waals surface area contributed by atoms with E-state index in [1.54, 1.807) is 0 Å². The van der Waals surface area contributed by atoms with Gasteiger partial charge in [0.2, 0.25) is 10.0 Å². The molecule has 1 aliphatic rings. The summed E-state index contributed by atoms with van der Waals surface area (Å²) in [4.78, 5) is 13.0. The fourth-order valence-corrected chi connectivity index (χ4v) is 6.06. The predicted molar refractivity (Wildman–Crippen MR) is 130 cm³/mol. The van der Waals surface area contributed by atoms with Crippen LogP contribution in [0.5, 0.6) is 0 Å². The predicted octanol–water partition coefficient (Wildman–Crippen LogP) is 5.06. The summed E-state index contributed by atoms with van der Waals surface area (Å²) in [6.45, 7) is 4.11. The Labute approximate surface area is 199 Å². The Hall–Kier alpha value is -2.71. The van der Waals surface area contributed by atoms with Gasteiger partial charge in [0.1, 0.15) is 4.90 Å². The number of hydrogen-bond acceptors (Lipinski definition) is 4. The molecule has 6 nitrogen and oxygen atoms in total. The summed E-state index contributed by atoms with van der Waals surface area (Å²) in [5.74, 6) is -0.421. The number of halogens is 1. The minimum absolute atomic E-state index is 0.0723. The first kappa shape index (κ1) is 23.4. The summed E-state index contributed by atoms with van der Waals surface area (Å²) in [5, 5.41) is 2.98. The SMILES string of the molecule is CC1CN(S(=O)(=O)c2cc(C(=O)Nc3ccccc3-c3ccccc3)ccc2Cl)CC(C)O1. The van der Waals surface area contributed by atoms with Crippen LogP contribution in [0.1, 0.15) is 24.2 Å². The molecule has 33 heavy (non-hydrogen) atoms. The first-order valence-electron chi connectivity index (χ1n) is 10.7. The maximum atomic E-state index is 13.3. The van der Waals surface area contributed by atoms with Crippen molar-refractivity contribution in [2.75, 3.05) is 18.4 Å². The average Bonchev–Trinajstić information content (AvgIpc) is 2.79. The van der Waals surface area contributed by atoms with E-state index in [1.807, 2.05) is 68.4 Å². The quantitative estimate of drug-likeness (QED) is 0.549. The fourth-order valence-electron chi connectivity index (χ4n) is 3.96. The van der Waals surface area contributed by atoms with E-state index >= 15 is 0 Å². The molecule has 0 aromatic heterocycles. The van der Waals surface area contributed by atoms with E-state index in [0.717, 1.165) is 11.1 Å². The van der Waals surface area contributed by atoms with Gasteiger partial charge in [-0.2, -0.15) is 4.31 Å². The Kier molecular flexibility index (Phi) is 6.86. The molecule has 4 rings (SSSR count). The van der Waals surface area contributed by atoms with Crippen LogP contribution in [-0.2, 0) is 14.8 Å². The number of amides is 1. The normalized spacial score (nSPS) is 19.2. The van der Waals surface area contributed by atoms with Crippen molar-refractivity contribution in [3.63, 3.8) is 0 Å². The fraction of sp³-hybridized carbons (Fsp3) is 0.240. The molecule has 0 radical (unpaired) electrons. The van der Waals surface area contributed by atoms with Gasteiger partial charge in [-0.25, -0.2) is 8.42 Å². The molecule has 1 fully saturated rings. The van der Waals surface area contributed by atoms with Crippen LogP contribution in [0.3, 0.4) is 0 Å². The molecule has 0 bridgehead atoms. The lowest BCUT2D eigenvalue weighted by molar-refractivity contribution is -0.0440. The zero-order valence-electron chi connectivity index (χ0n) is 18.4. The Morgan fingerprint density at radius 3 is 2.30 bits per heavy atom. The van der Waals surface area contributed by atoms with Crippen LogP contribution in [0.4, 0.5) is 5.69 Å².